The van der Waals surface area contributed by atoms with Gasteiger partial charge in [0, 0.05) is 6.42 Å². The first-order chi connectivity index (χ1) is 4.81. The lowest BCUT2D eigenvalue weighted by atomic mass is 10.2. The van der Waals surface area contributed by atoms with Crippen molar-refractivity contribution < 1.29 is 4.79 Å². The molecule has 0 rings (SSSR count). The van der Waals surface area contributed by atoms with E-state index in [9.17, 15) is 4.79 Å². The molecule has 0 fully saturated rings. The van der Waals surface area contributed by atoms with Crippen molar-refractivity contribution in [1.82, 2.24) is 0 Å². The summed E-state index contributed by atoms with van der Waals surface area (Å²) in [5, 5.41) is 0. The van der Waals surface area contributed by atoms with Gasteiger partial charge in [-0.3, -0.25) is 0 Å². The van der Waals surface area contributed by atoms with Crippen molar-refractivity contribution >= 4 is 18.9 Å². The number of carbonyl (C=O) groups is 1. The number of thiol groups is 1. The second kappa shape index (κ2) is 6.62. The molecule has 0 aliphatic heterocycles. The first-order valence-electron chi connectivity index (χ1n) is 3.25. The molecule has 0 unspecified atom stereocenters. The predicted molar refractivity (Wildman–Crippen MR) is 47.2 cm³/mol. The van der Waals surface area contributed by atoms with Crippen LogP contribution in [0.3, 0.4) is 0 Å². The van der Waals surface area contributed by atoms with Crippen molar-refractivity contribution in [1.29, 1.82) is 0 Å². The van der Waals surface area contributed by atoms with Gasteiger partial charge in [0.15, 0.2) is 0 Å². The zero-order chi connectivity index (χ0) is 7.82. The first-order valence-corrected chi connectivity index (χ1v) is 3.70. The largest absolute Gasteiger partial charge is 0.303 e. The van der Waals surface area contributed by atoms with E-state index in [-0.39, 0.29) is 0 Å². The normalized spacial score (nSPS) is 11.1. The summed E-state index contributed by atoms with van der Waals surface area (Å²) in [7, 11) is 0. The van der Waals surface area contributed by atoms with Crippen molar-refractivity contribution in [3.05, 3.63) is 23.6 Å². The van der Waals surface area contributed by atoms with E-state index < -0.39 is 0 Å². The molecule has 0 bridgehead atoms. The molecule has 0 aliphatic rings. The van der Waals surface area contributed by atoms with E-state index in [4.69, 9.17) is 0 Å². The Morgan fingerprint density at radius 2 is 2.30 bits per heavy atom. The number of unbranched alkanes of at least 4 members (excludes halogenated alkanes) is 1. The lowest BCUT2D eigenvalue weighted by Crippen LogP contribution is -1.77. The summed E-state index contributed by atoms with van der Waals surface area (Å²) in [5.74, 6) is 0. The third-order valence-corrected chi connectivity index (χ3v) is 1.44. The Bertz CT molecular complexity index is 138. The fourth-order valence-corrected chi connectivity index (χ4v) is 0.849. The minimum atomic E-state index is 0.620. The molecule has 0 N–H and O–H groups in total. The van der Waals surface area contributed by atoms with E-state index in [0.29, 0.717) is 6.42 Å². The average molecular weight is 156 g/mol. The first kappa shape index (κ1) is 9.50. The molecule has 2 heteroatoms. The summed E-state index contributed by atoms with van der Waals surface area (Å²) < 4.78 is 0. The summed E-state index contributed by atoms with van der Waals surface area (Å²) in [6, 6.07) is 0. The highest BCUT2D eigenvalue weighted by molar-refractivity contribution is 7.84. The van der Waals surface area contributed by atoms with Crippen LogP contribution >= 0.6 is 12.6 Å². The number of rotatable bonds is 5. The topological polar surface area (TPSA) is 17.1 Å². The monoisotopic (exact) mass is 156 g/mol. The van der Waals surface area contributed by atoms with Crippen LogP contribution in [0, 0.1) is 0 Å². The number of hydrogen-bond donors (Lipinski definition) is 1. The summed E-state index contributed by atoms with van der Waals surface area (Å²) >= 11 is 4.16. The van der Waals surface area contributed by atoms with E-state index in [2.05, 4.69) is 19.2 Å². The van der Waals surface area contributed by atoms with Gasteiger partial charge in [0.2, 0.25) is 0 Å². The summed E-state index contributed by atoms with van der Waals surface area (Å²) in [6.07, 6.45) is 6.84. The van der Waals surface area contributed by atoms with E-state index >= 15 is 0 Å². The molecule has 0 aliphatic carbocycles. The standard InChI is InChI=1S/C8H12OS/c1-2-5-8(10)6-3-4-7-9/h2,5,7,10H,1,3-4,6H2/b8-5-. The Labute approximate surface area is 67.2 Å². The highest BCUT2D eigenvalue weighted by Gasteiger charge is 1.88. The number of hydrogen-bond acceptors (Lipinski definition) is 2. The fourth-order valence-electron chi connectivity index (χ4n) is 0.586. The summed E-state index contributed by atoms with van der Waals surface area (Å²) in [6.45, 7) is 3.53. The minimum absolute atomic E-state index is 0.620. The maximum absolute atomic E-state index is 9.88. The number of allylic oxidation sites excluding steroid dienone is 3. The molecule has 10 heavy (non-hydrogen) atoms. The Morgan fingerprint density at radius 3 is 2.80 bits per heavy atom. The highest BCUT2D eigenvalue weighted by Crippen LogP contribution is 2.09. The third kappa shape index (κ3) is 5.63. The summed E-state index contributed by atoms with van der Waals surface area (Å²) in [4.78, 5) is 10.9. The molecule has 0 aromatic carbocycles. The molecule has 0 heterocycles. The van der Waals surface area contributed by atoms with Gasteiger partial charge in [0.05, 0.1) is 0 Å². The smallest absolute Gasteiger partial charge is 0.120 e. The molecule has 0 spiro atoms. The van der Waals surface area contributed by atoms with Crippen molar-refractivity contribution in [2.24, 2.45) is 0 Å². The Morgan fingerprint density at radius 1 is 1.60 bits per heavy atom. The molecule has 1 nitrogen and oxygen atoms in total. The zero-order valence-electron chi connectivity index (χ0n) is 5.92. The van der Waals surface area contributed by atoms with Crippen LogP contribution in [0.2, 0.25) is 0 Å². The lowest BCUT2D eigenvalue weighted by Gasteiger charge is -1.93. The van der Waals surface area contributed by atoms with Crippen molar-refractivity contribution in [2.75, 3.05) is 0 Å². The van der Waals surface area contributed by atoms with Gasteiger partial charge < -0.3 is 4.79 Å². The van der Waals surface area contributed by atoms with Crippen LogP contribution in [0.1, 0.15) is 19.3 Å². The van der Waals surface area contributed by atoms with Crippen LogP contribution in [0.25, 0.3) is 0 Å². The van der Waals surface area contributed by atoms with Gasteiger partial charge >= 0.3 is 0 Å². The molecule has 0 aromatic rings. The minimum Gasteiger partial charge on any atom is -0.303 e. The van der Waals surface area contributed by atoms with Gasteiger partial charge in [0.25, 0.3) is 0 Å². The van der Waals surface area contributed by atoms with E-state index in [0.717, 1.165) is 24.0 Å². The second-order valence-electron chi connectivity index (χ2n) is 1.95. The predicted octanol–water partition coefficient (Wildman–Crippen LogP) is 2.36. The zero-order valence-corrected chi connectivity index (χ0v) is 6.81. The van der Waals surface area contributed by atoms with Crippen LogP contribution in [0.15, 0.2) is 23.6 Å². The fraction of sp³-hybridized carbons (Fsp3) is 0.375. The van der Waals surface area contributed by atoms with Gasteiger partial charge in [-0.1, -0.05) is 18.7 Å². The molecule has 0 atom stereocenters. The van der Waals surface area contributed by atoms with Crippen LogP contribution in [-0.2, 0) is 4.79 Å². The van der Waals surface area contributed by atoms with E-state index in [1.807, 2.05) is 6.08 Å². The molecular formula is C8H12OS. The van der Waals surface area contributed by atoms with Gasteiger partial charge in [-0.15, -0.1) is 12.6 Å². The Hall–Kier alpha value is -0.500. The average Bonchev–Trinajstić information content (AvgIpc) is 1.89. The van der Waals surface area contributed by atoms with Gasteiger partial charge in [0.1, 0.15) is 6.29 Å². The van der Waals surface area contributed by atoms with Crippen molar-refractivity contribution in [2.45, 2.75) is 19.3 Å². The SMILES string of the molecule is C=C/C=C(\S)CCCC=O. The maximum Gasteiger partial charge on any atom is 0.120 e. The molecule has 0 radical (unpaired) electrons. The summed E-state index contributed by atoms with van der Waals surface area (Å²) in [5.41, 5.74) is 0. The van der Waals surface area contributed by atoms with Gasteiger partial charge in [-0.05, 0) is 17.7 Å². The molecule has 0 saturated carbocycles. The lowest BCUT2D eigenvalue weighted by molar-refractivity contribution is -0.107. The highest BCUT2D eigenvalue weighted by atomic mass is 32.1. The molecule has 0 amide bonds. The number of carbonyl (C=O) groups excluding carboxylic acids is 1. The molecule has 56 valence electrons. The van der Waals surface area contributed by atoms with Crippen LogP contribution in [-0.4, -0.2) is 6.29 Å². The van der Waals surface area contributed by atoms with Crippen molar-refractivity contribution in [3.8, 4) is 0 Å². The van der Waals surface area contributed by atoms with E-state index in [1.54, 1.807) is 6.08 Å². The third-order valence-electron chi connectivity index (χ3n) is 1.07. The van der Waals surface area contributed by atoms with Gasteiger partial charge in [-0.25, -0.2) is 0 Å². The molecule has 0 saturated heterocycles. The van der Waals surface area contributed by atoms with Crippen molar-refractivity contribution in [3.63, 3.8) is 0 Å². The quantitative estimate of drug-likeness (QED) is 0.280. The molecular weight excluding hydrogens is 144 g/mol. The van der Waals surface area contributed by atoms with Crippen LogP contribution in [0.4, 0.5) is 0 Å². The number of aldehydes is 1. The Balaban J connectivity index is 3.38. The Kier molecular flexibility index (Phi) is 6.29. The second-order valence-corrected chi connectivity index (χ2v) is 2.53. The maximum atomic E-state index is 9.88. The van der Waals surface area contributed by atoms with Crippen LogP contribution < -0.4 is 0 Å². The molecule has 0 aromatic heterocycles. The van der Waals surface area contributed by atoms with Crippen LogP contribution in [0.5, 0.6) is 0 Å². The van der Waals surface area contributed by atoms with Gasteiger partial charge in [-0.2, -0.15) is 0 Å². The van der Waals surface area contributed by atoms with E-state index in [1.165, 1.54) is 0 Å².